The zero-order valence-electron chi connectivity index (χ0n) is 28.5. The molecule has 0 aliphatic carbocycles. The number of ether oxygens (including phenoxy) is 3. The van der Waals surface area contributed by atoms with Crippen molar-refractivity contribution in [3.05, 3.63) is 58.3 Å². The molecule has 2 heterocycles. The molecule has 1 fully saturated rings. The molecule has 48 heavy (non-hydrogen) atoms. The lowest BCUT2D eigenvalue weighted by molar-refractivity contribution is -0.133. The zero-order valence-corrected chi connectivity index (χ0v) is 28.5. The number of rotatable bonds is 6. The Morgan fingerprint density at radius 3 is 2.33 bits per heavy atom. The van der Waals surface area contributed by atoms with Crippen molar-refractivity contribution < 1.29 is 37.4 Å². The molecule has 1 aliphatic rings. The quantitative estimate of drug-likeness (QED) is 0.404. The molecule has 0 radical (unpaired) electrons. The van der Waals surface area contributed by atoms with E-state index >= 15 is 4.39 Å². The van der Waals surface area contributed by atoms with Crippen molar-refractivity contribution in [3.8, 4) is 17.2 Å². The Morgan fingerprint density at radius 2 is 1.71 bits per heavy atom. The number of amides is 3. The first kappa shape index (κ1) is 35.9. The Morgan fingerprint density at radius 1 is 1.06 bits per heavy atom. The molecule has 258 valence electrons. The summed E-state index contributed by atoms with van der Waals surface area (Å²) in [6, 6.07) is 9.79. The van der Waals surface area contributed by atoms with E-state index in [2.05, 4.69) is 5.32 Å². The van der Waals surface area contributed by atoms with Gasteiger partial charge in [0, 0.05) is 27.1 Å². The van der Waals surface area contributed by atoms with Crippen LogP contribution in [0.2, 0.25) is 0 Å². The monoisotopic (exact) mass is 667 g/mol. The number of benzene rings is 2. The van der Waals surface area contributed by atoms with Crippen LogP contribution < -0.4 is 11.1 Å². The third-order valence-electron chi connectivity index (χ3n) is 7.55. The number of hydrogen-bond donors (Lipinski definition) is 1. The topological polar surface area (TPSA) is 156 Å². The van der Waals surface area contributed by atoms with E-state index in [-0.39, 0.29) is 31.7 Å². The summed E-state index contributed by atoms with van der Waals surface area (Å²) in [5.74, 6) is -1.78. The van der Waals surface area contributed by atoms with Gasteiger partial charge >= 0.3 is 17.9 Å². The minimum atomic E-state index is -1.22. The number of aryl methyl sites for hydroxylation is 1. The normalized spacial score (nSPS) is 17.6. The van der Waals surface area contributed by atoms with Gasteiger partial charge < -0.3 is 33.7 Å². The highest BCUT2D eigenvalue weighted by Gasteiger charge is 2.37. The molecule has 0 saturated carbocycles. The molecule has 3 aromatic rings. The lowest BCUT2D eigenvalue weighted by atomic mass is 10.00. The van der Waals surface area contributed by atoms with Gasteiger partial charge in [-0.2, -0.15) is 5.26 Å². The molecule has 2 aromatic carbocycles. The van der Waals surface area contributed by atoms with E-state index in [9.17, 15) is 24.4 Å². The second-order valence-corrected chi connectivity index (χ2v) is 13.8. The Balaban J connectivity index is 1.48. The lowest BCUT2D eigenvalue weighted by Crippen LogP contribution is -2.50. The van der Waals surface area contributed by atoms with Gasteiger partial charge in [-0.1, -0.05) is 18.2 Å². The van der Waals surface area contributed by atoms with E-state index in [1.54, 1.807) is 72.9 Å². The van der Waals surface area contributed by atoms with Crippen LogP contribution in [0.4, 0.5) is 14.0 Å². The SMILES string of the molecule is CN(C(=O)OC(C)(C)C)C1COC(C(=O)N[C@H](C#N)Cc2ccc(-c3ccc4oc(=O)n(C)c4c3)cc2F)CN(C(=O)OC(C)(C)C)C1. The van der Waals surface area contributed by atoms with Crippen LogP contribution in [0.5, 0.6) is 0 Å². The van der Waals surface area contributed by atoms with E-state index in [0.29, 0.717) is 22.2 Å². The number of carbonyl (C=O) groups is 3. The van der Waals surface area contributed by atoms with Gasteiger partial charge in [0.15, 0.2) is 11.7 Å². The van der Waals surface area contributed by atoms with Crippen molar-refractivity contribution in [1.82, 2.24) is 19.7 Å². The minimum Gasteiger partial charge on any atom is -0.444 e. The van der Waals surface area contributed by atoms with Crippen molar-refractivity contribution in [1.29, 1.82) is 5.26 Å². The van der Waals surface area contributed by atoms with Crippen molar-refractivity contribution >= 4 is 29.2 Å². The highest BCUT2D eigenvalue weighted by molar-refractivity contribution is 5.83. The van der Waals surface area contributed by atoms with Crippen LogP contribution in [0, 0.1) is 17.1 Å². The van der Waals surface area contributed by atoms with Crippen molar-refractivity contribution in [2.45, 2.75) is 77.4 Å². The highest BCUT2D eigenvalue weighted by atomic mass is 19.1. The van der Waals surface area contributed by atoms with Crippen LogP contribution in [0.1, 0.15) is 47.1 Å². The molecule has 14 heteroatoms. The molecule has 1 saturated heterocycles. The molecule has 3 amide bonds. The molecule has 1 aliphatic heterocycles. The molecular formula is C34H42FN5O8. The molecule has 0 spiro atoms. The maximum atomic E-state index is 15.3. The van der Waals surface area contributed by atoms with Crippen LogP contribution in [0.25, 0.3) is 22.2 Å². The zero-order chi connectivity index (χ0) is 35.6. The molecule has 4 rings (SSSR count). The Bertz CT molecular complexity index is 1780. The van der Waals surface area contributed by atoms with E-state index in [4.69, 9.17) is 18.6 Å². The van der Waals surface area contributed by atoms with Crippen molar-refractivity contribution in [3.63, 3.8) is 0 Å². The van der Waals surface area contributed by atoms with Gasteiger partial charge in [-0.25, -0.2) is 18.8 Å². The molecule has 13 nitrogen and oxygen atoms in total. The second-order valence-electron chi connectivity index (χ2n) is 13.8. The molecule has 1 aromatic heterocycles. The van der Waals surface area contributed by atoms with Crippen LogP contribution in [-0.4, -0.2) is 88.6 Å². The summed E-state index contributed by atoms with van der Waals surface area (Å²) in [5, 5.41) is 12.5. The lowest BCUT2D eigenvalue weighted by Gasteiger charge is -2.32. The summed E-state index contributed by atoms with van der Waals surface area (Å²) < 4.78 is 38.7. The molecular weight excluding hydrogens is 625 g/mol. The average Bonchev–Trinajstić information content (AvgIpc) is 3.14. The highest BCUT2D eigenvalue weighted by Crippen LogP contribution is 2.26. The number of carbonyl (C=O) groups excluding carboxylic acids is 3. The van der Waals surface area contributed by atoms with E-state index < -0.39 is 59.1 Å². The Kier molecular flexibility index (Phi) is 10.5. The van der Waals surface area contributed by atoms with Crippen LogP contribution in [-0.2, 0) is 32.5 Å². The van der Waals surface area contributed by atoms with Crippen molar-refractivity contribution in [2.24, 2.45) is 7.05 Å². The van der Waals surface area contributed by atoms with Gasteiger partial charge in [-0.3, -0.25) is 9.36 Å². The van der Waals surface area contributed by atoms with E-state index in [1.807, 2.05) is 6.07 Å². The number of fused-ring (bicyclic) bond motifs is 1. The number of nitrogens with one attached hydrogen (secondary N) is 1. The standard InChI is InChI=1S/C34H42FN5O8/c1-33(2,3)47-31(43)38(7)24-17-40(32(44)48-34(4,5)6)18-28(45-19-24)29(41)37-23(16-36)13-22-10-9-20(14-25(22)35)21-11-12-27-26(15-21)39(8)30(42)46-27/h9-12,14-15,23-24,28H,13,17-19H2,1-8H3,(H,37,41)/t23-,24?,28?/m0/s1. The smallest absolute Gasteiger partial charge is 0.419 e. The number of nitrogens with zero attached hydrogens (tertiary/aromatic N) is 4. The fourth-order valence-corrected chi connectivity index (χ4v) is 5.03. The average molecular weight is 668 g/mol. The Labute approximate surface area is 278 Å². The molecule has 2 unspecified atom stereocenters. The first-order valence-corrected chi connectivity index (χ1v) is 15.5. The van der Waals surface area contributed by atoms with Crippen LogP contribution in [0.15, 0.2) is 45.6 Å². The van der Waals surface area contributed by atoms with Crippen molar-refractivity contribution in [2.75, 3.05) is 26.7 Å². The summed E-state index contributed by atoms with van der Waals surface area (Å²) >= 11 is 0. The number of aromatic nitrogens is 1. The number of nitriles is 1. The van der Waals surface area contributed by atoms with Gasteiger partial charge in [0.2, 0.25) is 0 Å². The number of hydrogen-bond acceptors (Lipinski definition) is 9. The second kappa shape index (κ2) is 14.1. The van der Waals surface area contributed by atoms with E-state index in [0.717, 1.165) is 0 Å². The van der Waals surface area contributed by atoms with Crippen LogP contribution >= 0.6 is 0 Å². The maximum absolute atomic E-state index is 15.3. The molecule has 1 N–H and O–H groups in total. The van der Waals surface area contributed by atoms with Gasteiger partial charge in [0.05, 0.1) is 30.8 Å². The molecule has 0 bridgehead atoms. The first-order chi connectivity index (χ1) is 22.3. The Hall–Kier alpha value is -4.90. The molecule has 3 atom stereocenters. The fourth-order valence-electron chi connectivity index (χ4n) is 5.03. The summed E-state index contributed by atoms with van der Waals surface area (Å²) in [6.45, 7) is 9.98. The largest absolute Gasteiger partial charge is 0.444 e. The summed E-state index contributed by atoms with van der Waals surface area (Å²) in [4.78, 5) is 53.8. The predicted octanol–water partition coefficient (Wildman–Crippen LogP) is 4.36. The van der Waals surface area contributed by atoms with Gasteiger partial charge in [-0.15, -0.1) is 0 Å². The van der Waals surface area contributed by atoms with Gasteiger partial charge in [0.25, 0.3) is 5.91 Å². The number of oxazole rings is 1. The van der Waals surface area contributed by atoms with Crippen LogP contribution in [0.3, 0.4) is 0 Å². The fraction of sp³-hybridized carbons (Fsp3) is 0.500. The summed E-state index contributed by atoms with van der Waals surface area (Å²) in [7, 11) is 3.09. The summed E-state index contributed by atoms with van der Waals surface area (Å²) in [6.07, 6.45) is -2.70. The van der Waals surface area contributed by atoms with Gasteiger partial charge in [-0.05, 0) is 76.4 Å². The predicted molar refractivity (Wildman–Crippen MR) is 173 cm³/mol. The maximum Gasteiger partial charge on any atom is 0.419 e. The van der Waals surface area contributed by atoms with Gasteiger partial charge in [0.1, 0.15) is 23.1 Å². The first-order valence-electron chi connectivity index (χ1n) is 15.5. The minimum absolute atomic E-state index is 0.00247. The number of likely N-dealkylation sites (N-methyl/N-ethyl adjacent to an activating group) is 1. The van der Waals surface area contributed by atoms with E-state index in [1.165, 1.54) is 33.5 Å². The third kappa shape index (κ3) is 8.92. The summed E-state index contributed by atoms with van der Waals surface area (Å²) in [5.41, 5.74) is 0.778. The number of halogens is 1. The third-order valence-corrected chi connectivity index (χ3v) is 7.55.